The zero-order valence-corrected chi connectivity index (χ0v) is 15.8. The molecule has 2 aromatic rings. The number of nitrogens with zero attached hydrogens (tertiary/aromatic N) is 4. The fourth-order valence-electron chi connectivity index (χ4n) is 3.14. The van der Waals surface area contributed by atoms with E-state index in [-0.39, 0.29) is 18.3 Å². The summed E-state index contributed by atoms with van der Waals surface area (Å²) in [7, 11) is 0. The lowest BCUT2D eigenvalue weighted by Gasteiger charge is -2.32. The van der Waals surface area contributed by atoms with Gasteiger partial charge in [-0.25, -0.2) is 4.68 Å². The number of aromatic nitrogens is 3. The molecule has 2 fully saturated rings. The van der Waals surface area contributed by atoms with Gasteiger partial charge in [0.25, 0.3) is 5.91 Å². The molecule has 136 valence electrons. The normalized spacial score (nSPS) is 18.2. The van der Waals surface area contributed by atoms with Crippen molar-refractivity contribution in [2.45, 2.75) is 38.3 Å². The summed E-state index contributed by atoms with van der Waals surface area (Å²) in [6.45, 7) is 3.43. The number of piperidine rings is 1. The van der Waals surface area contributed by atoms with E-state index in [1.807, 2.05) is 16.3 Å². The predicted molar refractivity (Wildman–Crippen MR) is 100 cm³/mol. The van der Waals surface area contributed by atoms with Crippen LogP contribution in [0.5, 0.6) is 0 Å². The Morgan fingerprint density at radius 3 is 2.76 bits per heavy atom. The van der Waals surface area contributed by atoms with Crippen molar-refractivity contribution in [3.05, 3.63) is 34.3 Å². The van der Waals surface area contributed by atoms with Gasteiger partial charge in [-0.1, -0.05) is 11.3 Å². The number of halogens is 1. The Hall–Kier alpha value is -1.44. The lowest BCUT2D eigenvalue weighted by molar-refractivity contribution is 0.0699. The van der Waals surface area contributed by atoms with Crippen LogP contribution in [-0.4, -0.2) is 51.5 Å². The van der Waals surface area contributed by atoms with E-state index < -0.39 is 0 Å². The Labute approximate surface area is 158 Å². The van der Waals surface area contributed by atoms with Crippen molar-refractivity contribution in [1.82, 2.24) is 25.2 Å². The molecule has 1 saturated heterocycles. The number of rotatable bonds is 6. The van der Waals surface area contributed by atoms with Gasteiger partial charge in [0.05, 0.1) is 12.7 Å². The van der Waals surface area contributed by atoms with Crippen LogP contribution in [0.25, 0.3) is 0 Å². The number of likely N-dealkylation sites (tertiary alicyclic amines) is 1. The molecule has 0 radical (unpaired) electrons. The first kappa shape index (κ1) is 18.4. The lowest BCUT2D eigenvalue weighted by Crippen LogP contribution is -2.45. The molecule has 0 bridgehead atoms. The Balaban J connectivity index is 0.00000182. The van der Waals surface area contributed by atoms with Gasteiger partial charge in [0, 0.05) is 24.0 Å². The summed E-state index contributed by atoms with van der Waals surface area (Å²) in [4.78, 5) is 15.7. The van der Waals surface area contributed by atoms with E-state index in [0.29, 0.717) is 18.3 Å². The molecule has 1 saturated carbocycles. The summed E-state index contributed by atoms with van der Waals surface area (Å²) < 4.78 is 1.74. The average molecular weight is 382 g/mol. The summed E-state index contributed by atoms with van der Waals surface area (Å²) in [5.74, 6) is 0.913. The minimum Gasteiger partial charge on any atom is -0.337 e. The maximum absolute atomic E-state index is 12.6. The van der Waals surface area contributed by atoms with Crippen molar-refractivity contribution in [1.29, 1.82) is 0 Å². The number of carbonyl (C=O) groups is 1. The second kappa shape index (κ2) is 8.29. The van der Waals surface area contributed by atoms with E-state index in [4.69, 9.17) is 0 Å². The molecular formula is C17H24ClN5OS. The largest absolute Gasteiger partial charge is 0.337 e. The van der Waals surface area contributed by atoms with Crippen molar-refractivity contribution in [3.63, 3.8) is 0 Å². The van der Waals surface area contributed by atoms with Gasteiger partial charge in [-0.15, -0.1) is 28.8 Å². The van der Waals surface area contributed by atoms with E-state index in [1.54, 1.807) is 22.2 Å². The smallest absolute Gasteiger partial charge is 0.276 e. The summed E-state index contributed by atoms with van der Waals surface area (Å²) in [6, 6.07) is 4.64. The number of nitrogens with one attached hydrogen (secondary N) is 1. The second-order valence-corrected chi connectivity index (χ2v) is 7.83. The second-order valence-electron chi connectivity index (χ2n) is 6.80. The predicted octanol–water partition coefficient (Wildman–Crippen LogP) is 2.41. The fraction of sp³-hybridized carbons (Fsp3) is 0.588. The van der Waals surface area contributed by atoms with Gasteiger partial charge in [-0.3, -0.25) is 4.79 Å². The Morgan fingerprint density at radius 2 is 2.08 bits per heavy atom. The zero-order valence-electron chi connectivity index (χ0n) is 14.1. The van der Waals surface area contributed by atoms with E-state index in [0.717, 1.165) is 38.4 Å². The molecule has 1 amide bonds. The molecule has 25 heavy (non-hydrogen) atoms. The monoisotopic (exact) mass is 381 g/mol. The van der Waals surface area contributed by atoms with Crippen LogP contribution in [0.1, 0.15) is 41.0 Å². The maximum atomic E-state index is 12.6. The molecule has 6 nitrogen and oxygen atoms in total. The van der Waals surface area contributed by atoms with Gasteiger partial charge in [0.1, 0.15) is 0 Å². The summed E-state index contributed by atoms with van der Waals surface area (Å²) in [6.07, 6.45) is 6.58. The van der Waals surface area contributed by atoms with Crippen LogP contribution in [-0.2, 0) is 6.54 Å². The number of carbonyl (C=O) groups excluding carboxylic acids is 1. The molecule has 8 heteroatoms. The van der Waals surface area contributed by atoms with Crippen LogP contribution < -0.4 is 5.32 Å². The highest BCUT2D eigenvalue weighted by Gasteiger charge is 2.27. The molecule has 2 aromatic heterocycles. The third-order valence-electron chi connectivity index (χ3n) is 4.83. The average Bonchev–Trinajstić information content (AvgIpc) is 3.08. The number of amides is 1. The number of thiophene rings is 1. The molecule has 4 rings (SSSR count). The highest BCUT2D eigenvalue weighted by Crippen LogP contribution is 2.28. The molecule has 0 aromatic carbocycles. The minimum atomic E-state index is 0. The summed E-state index contributed by atoms with van der Waals surface area (Å²) >= 11 is 1.68. The molecule has 1 aliphatic heterocycles. The van der Waals surface area contributed by atoms with Crippen molar-refractivity contribution >= 4 is 29.7 Å². The highest BCUT2D eigenvalue weighted by molar-refractivity contribution is 7.09. The molecular weight excluding hydrogens is 358 g/mol. The van der Waals surface area contributed by atoms with Crippen molar-refractivity contribution in [2.24, 2.45) is 5.92 Å². The molecule has 1 aliphatic carbocycles. The quantitative estimate of drug-likeness (QED) is 0.834. The fourth-order valence-corrected chi connectivity index (χ4v) is 3.84. The van der Waals surface area contributed by atoms with E-state index >= 15 is 0 Å². The van der Waals surface area contributed by atoms with Gasteiger partial charge >= 0.3 is 0 Å². The first-order valence-electron chi connectivity index (χ1n) is 8.73. The highest BCUT2D eigenvalue weighted by atomic mass is 35.5. The van der Waals surface area contributed by atoms with Gasteiger partial charge in [-0.05, 0) is 49.6 Å². The van der Waals surface area contributed by atoms with Crippen LogP contribution in [0.15, 0.2) is 23.7 Å². The summed E-state index contributed by atoms with van der Waals surface area (Å²) in [5.41, 5.74) is 0.455. The molecule has 0 unspecified atom stereocenters. The first-order valence-corrected chi connectivity index (χ1v) is 9.61. The molecule has 2 aliphatic rings. The minimum absolute atomic E-state index is 0. The van der Waals surface area contributed by atoms with Crippen LogP contribution in [0.4, 0.5) is 0 Å². The van der Waals surface area contributed by atoms with Crippen molar-refractivity contribution in [3.8, 4) is 0 Å². The summed E-state index contributed by atoms with van der Waals surface area (Å²) in [5, 5.41) is 13.8. The standard InChI is InChI=1S/C17H23N5OS.ClH/c23-17(16-12-22(20-19-16)11-15-2-1-9-24-15)21-7-5-14(6-8-21)18-10-13-3-4-13;/h1-2,9,12-14,18H,3-8,10-11H2;1H. The van der Waals surface area contributed by atoms with E-state index in [1.165, 1.54) is 17.7 Å². The van der Waals surface area contributed by atoms with Crippen LogP contribution in [0.3, 0.4) is 0 Å². The van der Waals surface area contributed by atoms with E-state index in [9.17, 15) is 4.79 Å². The Morgan fingerprint density at radius 1 is 1.28 bits per heavy atom. The number of hydrogen-bond donors (Lipinski definition) is 1. The van der Waals surface area contributed by atoms with Gasteiger partial charge in [0.15, 0.2) is 5.69 Å². The van der Waals surface area contributed by atoms with E-state index in [2.05, 4.69) is 21.7 Å². The van der Waals surface area contributed by atoms with Crippen LogP contribution >= 0.6 is 23.7 Å². The maximum Gasteiger partial charge on any atom is 0.276 e. The van der Waals surface area contributed by atoms with Gasteiger partial charge in [0.2, 0.25) is 0 Å². The first-order chi connectivity index (χ1) is 11.8. The Bertz CT molecular complexity index is 677. The lowest BCUT2D eigenvalue weighted by atomic mass is 10.0. The topological polar surface area (TPSA) is 63.1 Å². The van der Waals surface area contributed by atoms with Gasteiger partial charge < -0.3 is 10.2 Å². The zero-order chi connectivity index (χ0) is 16.4. The number of hydrogen-bond acceptors (Lipinski definition) is 5. The van der Waals surface area contributed by atoms with Crippen molar-refractivity contribution < 1.29 is 4.79 Å². The third-order valence-corrected chi connectivity index (χ3v) is 5.69. The Kier molecular flexibility index (Phi) is 6.09. The SMILES string of the molecule is Cl.O=C(c1cn(Cc2cccs2)nn1)N1CCC(NCC2CC2)CC1. The van der Waals surface area contributed by atoms with Crippen LogP contribution in [0.2, 0.25) is 0 Å². The molecule has 0 atom stereocenters. The third kappa shape index (κ3) is 4.80. The molecule has 1 N–H and O–H groups in total. The molecule has 0 spiro atoms. The van der Waals surface area contributed by atoms with Crippen LogP contribution in [0, 0.1) is 5.92 Å². The van der Waals surface area contributed by atoms with Gasteiger partial charge in [-0.2, -0.15) is 0 Å². The molecule has 3 heterocycles. The van der Waals surface area contributed by atoms with Crippen molar-refractivity contribution in [2.75, 3.05) is 19.6 Å².